The second-order valence-electron chi connectivity index (χ2n) is 5.98. The van der Waals surface area contributed by atoms with Crippen LogP contribution < -0.4 is 0 Å². The van der Waals surface area contributed by atoms with Crippen LogP contribution in [-0.4, -0.2) is 25.8 Å². The zero-order valence-corrected chi connectivity index (χ0v) is 16.8. The summed E-state index contributed by atoms with van der Waals surface area (Å²) in [5, 5.41) is 0. The van der Waals surface area contributed by atoms with Gasteiger partial charge in [0.15, 0.2) is 0 Å². The summed E-state index contributed by atoms with van der Waals surface area (Å²) >= 11 is 3.36. The van der Waals surface area contributed by atoms with Gasteiger partial charge in [0, 0.05) is 17.6 Å². The lowest BCUT2D eigenvalue weighted by Gasteiger charge is -2.22. The molecular formula is C18H30BrNO2S. The van der Waals surface area contributed by atoms with Crippen LogP contribution in [0.2, 0.25) is 0 Å². The standard InChI is InChI=1S/C18H30BrNO2S/c1-3-5-7-9-15-20(16-10-8-6-4-2)23(21,22)18-13-11-17(19)12-14-18/h11-14H,3-10,15-16H2,1-2H3. The van der Waals surface area contributed by atoms with Crippen LogP contribution in [0.4, 0.5) is 0 Å². The van der Waals surface area contributed by atoms with Gasteiger partial charge >= 0.3 is 0 Å². The molecule has 0 amide bonds. The van der Waals surface area contributed by atoms with Crippen LogP contribution in [0.3, 0.4) is 0 Å². The fourth-order valence-electron chi connectivity index (χ4n) is 2.54. The van der Waals surface area contributed by atoms with Crippen molar-refractivity contribution in [2.24, 2.45) is 0 Å². The molecule has 1 aromatic rings. The van der Waals surface area contributed by atoms with Crippen LogP contribution in [-0.2, 0) is 10.0 Å². The van der Waals surface area contributed by atoms with Gasteiger partial charge in [-0.05, 0) is 37.1 Å². The predicted molar refractivity (Wildman–Crippen MR) is 101 cm³/mol. The first-order valence-corrected chi connectivity index (χ1v) is 11.0. The lowest BCUT2D eigenvalue weighted by atomic mass is 10.2. The molecule has 0 saturated heterocycles. The van der Waals surface area contributed by atoms with E-state index in [0.29, 0.717) is 18.0 Å². The fourth-order valence-corrected chi connectivity index (χ4v) is 4.32. The first kappa shape index (κ1) is 20.7. The summed E-state index contributed by atoms with van der Waals surface area (Å²) in [5.41, 5.74) is 0. The van der Waals surface area contributed by atoms with Gasteiger partial charge < -0.3 is 0 Å². The number of rotatable bonds is 12. The Hall–Kier alpha value is -0.390. The van der Waals surface area contributed by atoms with Crippen LogP contribution in [0.5, 0.6) is 0 Å². The van der Waals surface area contributed by atoms with E-state index in [1.54, 1.807) is 28.6 Å². The van der Waals surface area contributed by atoms with E-state index >= 15 is 0 Å². The maximum Gasteiger partial charge on any atom is 0.243 e. The number of sulfonamides is 1. The molecule has 1 rings (SSSR count). The maximum absolute atomic E-state index is 12.9. The molecule has 0 radical (unpaired) electrons. The van der Waals surface area contributed by atoms with Crippen molar-refractivity contribution in [2.75, 3.05) is 13.1 Å². The third-order valence-electron chi connectivity index (χ3n) is 3.97. The highest BCUT2D eigenvalue weighted by Gasteiger charge is 2.23. The Morgan fingerprint density at radius 1 is 0.826 bits per heavy atom. The third-order valence-corrected chi connectivity index (χ3v) is 6.42. The summed E-state index contributed by atoms with van der Waals surface area (Å²) in [6.45, 7) is 5.59. The van der Waals surface area contributed by atoms with E-state index in [4.69, 9.17) is 0 Å². The molecule has 3 nitrogen and oxygen atoms in total. The lowest BCUT2D eigenvalue weighted by molar-refractivity contribution is 0.385. The largest absolute Gasteiger partial charge is 0.243 e. The van der Waals surface area contributed by atoms with Crippen molar-refractivity contribution in [2.45, 2.75) is 70.1 Å². The molecule has 0 spiro atoms. The SMILES string of the molecule is CCCCCCN(CCCCCC)S(=O)(=O)c1ccc(Br)cc1. The highest BCUT2D eigenvalue weighted by molar-refractivity contribution is 9.10. The number of benzene rings is 1. The van der Waals surface area contributed by atoms with Gasteiger partial charge in [-0.2, -0.15) is 4.31 Å². The quantitative estimate of drug-likeness (QED) is 0.425. The molecule has 132 valence electrons. The Balaban J connectivity index is 2.76. The number of hydrogen-bond donors (Lipinski definition) is 0. The first-order chi connectivity index (χ1) is 11.0. The topological polar surface area (TPSA) is 37.4 Å². The van der Waals surface area contributed by atoms with Crippen LogP contribution in [0.25, 0.3) is 0 Å². The molecule has 0 aromatic heterocycles. The van der Waals surface area contributed by atoms with Gasteiger partial charge in [-0.3, -0.25) is 0 Å². The summed E-state index contributed by atoms with van der Waals surface area (Å²) in [7, 11) is -3.38. The van der Waals surface area contributed by atoms with E-state index in [1.807, 2.05) is 0 Å². The highest BCUT2D eigenvalue weighted by atomic mass is 79.9. The zero-order valence-electron chi connectivity index (χ0n) is 14.4. The Bertz CT molecular complexity index is 516. The van der Waals surface area contributed by atoms with E-state index in [1.165, 1.54) is 12.8 Å². The van der Waals surface area contributed by atoms with Crippen molar-refractivity contribution in [1.82, 2.24) is 4.31 Å². The molecule has 0 N–H and O–H groups in total. The maximum atomic E-state index is 12.9. The van der Waals surface area contributed by atoms with Gasteiger partial charge in [-0.25, -0.2) is 8.42 Å². The van der Waals surface area contributed by atoms with Crippen molar-refractivity contribution in [1.29, 1.82) is 0 Å². The Kier molecular flexibility index (Phi) is 10.1. The summed E-state index contributed by atoms with van der Waals surface area (Å²) in [6.07, 6.45) is 8.74. The van der Waals surface area contributed by atoms with Crippen LogP contribution >= 0.6 is 15.9 Å². The van der Waals surface area contributed by atoms with E-state index in [2.05, 4.69) is 29.8 Å². The van der Waals surface area contributed by atoms with Crippen LogP contribution in [0.15, 0.2) is 33.6 Å². The Morgan fingerprint density at radius 2 is 1.30 bits per heavy atom. The van der Waals surface area contributed by atoms with Gasteiger partial charge in [0.05, 0.1) is 4.90 Å². The third kappa shape index (κ3) is 7.36. The molecule has 0 fully saturated rings. The molecule has 0 aliphatic rings. The first-order valence-electron chi connectivity index (χ1n) is 8.78. The molecule has 0 heterocycles. The summed E-state index contributed by atoms with van der Waals surface area (Å²) < 4.78 is 28.3. The van der Waals surface area contributed by atoms with Crippen molar-refractivity contribution in [3.05, 3.63) is 28.7 Å². The molecule has 0 saturated carbocycles. The minimum Gasteiger partial charge on any atom is -0.207 e. The molecule has 0 bridgehead atoms. The molecule has 23 heavy (non-hydrogen) atoms. The Morgan fingerprint density at radius 3 is 1.74 bits per heavy atom. The summed E-state index contributed by atoms with van der Waals surface area (Å²) in [6, 6.07) is 6.95. The second kappa shape index (κ2) is 11.2. The minimum absolute atomic E-state index is 0.395. The number of hydrogen-bond acceptors (Lipinski definition) is 2. The molecule has 1 aromatic carbocycles. The number of halogens is 1. The lowest BCUT2D eigenvalue weighted by Crippen LogP contribution is -2.33. The highest BCUT2D eigenvalue weighted by Crippen LogP contribution is 2.20. The van der Waals surface area contributed by atoms with Gasteiger partial charge in [0.2, 0.25) is 10.0 Å². The van der Waals surface area contributed by atoms with E-state index in [0.717, 1.165) is 43.0 Å². The van der Waals surface area contributed by atoms with Gasteiger partial charge in [-0.1, -0.05) is 68.3 Å². The van der Waals surface area contributed by atoms with Crippen LogP contribution in [0, 0.1) is 0 Å². The molecule has 5 heteroatoms. The van der Waals surface area contributed by atoms with E-state index in [-0.39, 0.29) is 0 Å². The smallest absolute Gasteiger partial charge is 0.207 e. The minimum atomic E-state index is -3.38. The van der Waals surface area contributed by atoms with Crippen molar-refractivity contribution < 1.29 is 8.42 Å². The molecule has 0 atom stereocenters. The normalized spacial score (nSPS) is 12.0. The number of nitrogens with zero attached hydrogens (tertiary/aromatic N) is 1. The molecule has 0 aliphatic heterocycles. The second-order valence-corrected chi connectivity index (χ2v) is 8.83. The van der Waals surface area contributed by atoms with Gasteiger partial charge in [-0.15, -0.1) is 0 Å². The van der Waals surface area contributed by atoms with Crippen molar-refractivity contribution in [3.63, 3.8) is 0 Å². The van der Waals surface area contributed by atoms with Crippen LogP contribution in [0.1, 0.15) is 65.2 Å². The van der Waals surface area contributed by atoms with Crippen molar-refractivity contribution in [3.8, 4) is 0 Å². The Labute approximate surface area is 150 Å². The monoisotopic (exact) mass is 403 g/mol. The molecule has 0 unspecified atom stereocenters. The van der Waals surface area contributed by atoms with Gasteiger partial charge in [0.25, 0.3) is 0 Å². The summed E-state index contributed by atoms with van der Waals surface area (Å²) in [4.78, 5) is 0.395. The fraction of sp³-hybridized carbons (Fsp3) is 0.667. The van der Waals surface area contributed by atoms with Gasteiger partial charge in [0.1, 0.15) is 0 Å². The average molecular weight is 404 g/mol. The molecular weight excluding hydrogens is 374 g/mol. The summed E-state index contributed by atoms with van der Waals surface area (Å²) in [5.74, 6) is 0. The number of unbranched alkanes of at least 4 members (excludes halogenated alkanes) is 6. The van der Waals surface area contributed by atoms with Crippen molar-refractivity contribution >= 4 is 26.0 Å². The molecule has 0 aliphatic carbocycles. The predicted octanol–water partition coefficient (Wildman–Crippen LogP) is 5.60. The average Bonchev–Trinajstić information content (AvgIpc) is 2.53. The zero-order chi connectivity index (χ0) is 17.1. The van der Waals surface area contributed by atoms with E-state index < -0.39 is 10.0 Å². The van der Waals surface area contributed by atoms with E-state index in [9.17, 15) is 8.42 Å².